The van der Waals surface area contributed by atoms with Crippen molar-refractivity contribution < 1.29 is 23.1 Å². The third-order valence-corrected chi connectivity index (χ3v) is 3.56. The van der Waals surface area contributed by atoms with Crippen LogP contribution in [0.5, 0.6) is 0 Å². The molecule has 0 aliphatic heterocycles. The zero-order valence-electron chi connectivity index (χ0n) is 10.1. The number of aromatic carboxylic acids is 1. The van der Waals surface area contributed by atoms with E-state index in [0.717, 1.165) is 6.33 Å². The lowest BCUT2D eigenvalue weighted by molar-refractivity contribution is 0.0685. The number of nitrogens with zero attached hydrogens (tertiary/aromatic N) is 1. The van der Waals surface area contributed by atoms with E-state index >= 15 is 0 Å². The summed E-state index contributed by atoms with van der Waals surface area (Å²) in [6, 6.07) is 0. The Balaban J connectivity index is 2.57. The van der Waals surface area contributed by atoms with E-state index < -0.39 is 21.9 Å². The molecule has 0 bridgehead atoms. The number of rotatable bonds is 7. The second kappa shape index (κ2) is 6.29. The Labute approximate surface area is 109 Å². The van der Waals surface area contributed by atoms with E-state index in [1.165, 1.54) is 0 Å². The molecule has 0 atom stereocenters. The number of aromatic amines is 1. The van der Waals surface area contributed by atoms with Crippen molar-refractivity contribution >= 4 is 21.9 Å². The van der Waals surface area contributed by atoms with Crippen LogP contribution in [-0.4, -0.2) is 54.2 Å². The molecule has 0 unspecified atom stereocenters. The maximum Gasteiger partial charge on any atom is 0.354 e. The SMILES string of the molecule is CCNS(=O)(=O)CCNC(=O)c1nc[nH]c1C(=O)O. The van der Waals surface area contributed by atoms with Gasteiger partial charge >= 0.3 is 5.97 Å². The van der Waals surface area contributed by atoms with Gasteiger partial charge < -0.3 is 15.4 Å². The summed E-state index contributed by atoms with van der Waals surface area (Å²) in [5.74, 6) is -2.35. The molecule has 0 saturated heterocycles. The highest BCUT2D eigenvalue weighted by Gasteiger charge is 2.19. The highest BCUT2D eigenvalue weighted by molar-refractivity contribution is 7.89. The number of aromatic nitrogens is 2. The molecule has 0 aliphatic carbocycles. The molecule has 1 aromatic heterocycles. The molecule has 1 heterocycles. The molecule has 106 valence electrons. The molecule has 1 amide bonds. The van der Waals surface area contributed by atoms with Gasteiger partial charge in [0.2, 0.25) is 10.0 Å². The number of carbonyl (C=O) groups excluding carboxylic acids is 1. The number of amides is 1. The van der Waals surface area contributed by atoms with Crippen molar-refractivity contribution in [1.82, 2.24) is 20.0 Å². The van der Waals surface area contributed by atoms with Crippen LogP contribution >= 0.6 is 0 Å². The standard InChI is InChI=1S/C9H14N4O5S/c1-2-13-19(17,18)4-3-10-8(14)6-7(9(15)16)12-5-11-6/h5,13H,2-4H2,1H3,(H,10,14)(H,11,12)(H,15,16). The third-order valence-electron chi connectivity index (χ3n) is 2.09. The summed E-state index contributed by atoms with van der Waals surface area (Å²) in [5, 5.41) is 11.1. The zero-order valence-corrected chi connectivity index (χ0v) is 11.0. The van der Waals surface area contributed by atoms with Gasteiger partial charge in [0.05, 0.1) is 12.1 Å². The predicted octanol–water partition coefficient (Wildman–Crippen LogP) is -1.22. The second-order valence-corrected chi connectivity index (χ2v) is 5.43. The summed E-state index contributed by atoms with van der Waals surface area (Å²) < 4.78 is 24.9. The number of nitrogens with one attached hydrogen (secondary N) is 3. The number of carbonyl (C=O) groups is 2. The van der Waals surface area contributed by atoms with E-state index in [1.807, 2.05) is 0 Å². The van der Waals surface area contributed by atoms with E-state index in [9.17, 15) is 18.0 Å². The number of hydrogen-bond donors (Lipinski definition) is 4. The van der Waals surface area contributed by atoms with Crippen LogP contribution in [0.4, 0.5) is 0 Å². The average molecular weight is 290 g/mol. The van der Waals surface area contributed by atoms with Crippen molar-refractivity contribution in [2.24, 2.45) is 0 Å². The minimum Gasteiger partial charge on any atom is -0.477 e. The lowest BCUT2D eigenvalue weighted by Crippen LogP contribution is -2.34. The highest BCUT2D eigenvalue weighted by atomic mass is 32.2. The summed E-state index contributed by atoms with van der Waals surface area (Å²) in [4.78, 5) is 28.2. The maximum absolute atomic E-state index is 11.6. The molecule has 19 heavy (non-hydrogen) atoms. The van der Waals surface area contributed by atoms with Crippen LogP contribution in [0, 0.1) is 0 Å². The number of carboxylic acids is 1. The lowest BCUT2D eigenvalue weighted by Gasteiger charge is -2.05. The Kier molecular flexibility index (Phi) is 5.01. The van der Waals surface area contributed by atoms with Gasteiger partial charge in [0, 0.05) is 13.1 Å². The second-order valence-electron chi connectivity index (χ2n) is 3.50. The van der Waals surface area contributed by atoms with Crippen LogP contribution in [0.1, 0.15) is 27.9 Å². The topological polar surface area (TPSA) is 141 Å². The summed E-state index contributed by atoms with van der Waals surface area (Å²) in [6.07, 6.45) is 1.08. The Morgan fingerprint density at radius 3 is 2.74 bits per heavy atom. The smallest absolute Gasteiger partial charge is 0.354 e. The van der Waals surface area contributed by atoms with Gasteiger partial charge in [-0.05, 0) is 0 Å². The van der Waals surface area contributed by atoms with Crippen LogP contribution in [0.15, 0.2) is 6.33 Å². The van der Waals surface area contributed by atoms with Gasteiger partial charge in [0.15, 0.2) is 11.4 Å². The van der Waals surface area contributed by atoms with Gasteiger partial charge in [-0.15, -0.1) is 0 Å². The van der Waals surface area contributed by atoms with Crippen LogP contribution in [0.25, 0.3) is 0 Å². The Morgan fingerprint density at radius 2 is 2.16 bits per heavy atom. The summed E-state index contributed by atoms with van der Waals surface area (Å²) in [7, 11) is -3.43. The molecule has 1 rings (SSSR count). The average Bonchev–Trinajstić information content (AvgIpc) is 2.77. The maximum atomic E-state index is 11.6. The molecule has 0 radical (unpaired) electrons. The van der Waals surface area contributed by atoms with E-state index in [0.29, 0.717) is 0 Å². The largest absolute Gasteiger partial charge is 0.477 e. The van der Waals surface area contributed by atoms with Crippen molar-refractivity contribution in [1.29, 1.82) is 0 Å². The van der Waals surface area contributed by atoms with Crippen molar-refractivity contribution in [3.8, 4) is 0 Å². The fourth-order valence-corrected chi connectivity index (χ4v) is 2.26. The summed E-state index contributed by atoms with van der Waals surface area (Å²) in [6.45, 7) is 1.76. The van der Waals surface area contributed by atoms with Gasteiger partial charge in [0.25, 0.3) is 5.91 Å². The highest BCUT2D eigenvalue weighted by Crippen LogP contribution is 2.02. The molecule has 1 aromatic rings. The number of hydrogen-bond acceptors (Lipinski definition) is 5. The van der Waals surface area contributed by atoms with Crippen molar-refractivity contribution in [2.75, 3.05) is 18.8 Å². The monoisotopic (exact) mass is 290 g/mol. The first-order valence-corrected chi connectivity index (χ1v) is 7.04. The minimum absolute atomic E-state index is 0.139. The van der Waals surface area contributed by atoms with Crippen molar-refractivity contribution in [3.63, 3.8) is 0 Å². The molecule has 0 aromatic carbocycles. The van der Waals surface area contributed by atoms with E-state index in [-0.39, 0.29) is 30.2 Å². The van der Waals surface area contributed by atoms with Gasteiger partial charge in [-0.25, -0.2) is 22.9 Å². The quantitative estimate of drug-likeness (QED) is 0.496. The van der Waals surface area contributed by atoms with Crippen LogP contribution < -0.4 is 10.0 Å². The fourth-order valence-electron chi connectivity index (χ4n) is 1.30. The number of sulfonamides is 1. The van der Waals surface area contributed by atoms with Gasteiger partial charge in [-0.3, -0.25) is 4.79 Å². The summed E-state index contributed by atoms with van der Waals surface area (Å²) >= 11 is 0. The first-order chi connectivity index (χ1) is 8.87. The van der Waals surface area contributed by atoms with Crippen LogP contribution in [0.3, 0.4) is 0 Å². The minimum atomic E-state index is -3.43. The van der Waals surface area contributed by atoms with Crippen molar-refractivity contribution in [2.45, 2.75) is 6.92 Å². The van der Waals surface area contributed by atoms with Gasteiger partial charge in [-0.2, -0.15) is 0 Å². The third kappa shape index (κ3) is 4.34. The molecular formula is C9H14N4O5S. The molecular weight excluding hydrogens is 276 g/mol. The number of carboxylic acid groups (broad SMARTS) is 1. The number of imidazole rings is 1. The Morgan fingerprint density at radius 1 is 1.47 bits per heavy atom. The fraction of sp³-hybridized carbons (Fsp3) is 0.444. The molecule has 0 saturated carbocycles. The normalized spacial score (nSPS) is 11.2. The predicted molar refractivity (Wildman–Crippen MR) is 65.3 cm³/mol. The molecule has 0 spiro atoms. The van der Waals surface area contributed by atoms with Gasteiger partial charge in [-0.1, -0.05) is 6.92 Å². The molecule has 0 fully saturated rings. The van der Waals surface area contributed by atoms with E-state index in [2.05, 4.69) is 20.0 Å². The van der Waals surface area contributed by atoms with Gasteiger partial charge in [0.1, 0.15) is 0 Å². The van der Waals surface area contributed by atoms with Crippen LogP contribution in [0.2, 0.25) is 0 Å². The Bertz CT molecular complexity index is 565. The zero-order chi connectivity index (χ0) is 14.5. The van der Waals surface area contributed by atoms with Crippen molar-refractivity contribution in [3.05, 3.63) is 17.7 Å². The lowest BCUT2D eigenvalue weighted by atomic mass is 10.3. The first kappa shape index (κ1) is 15.1. The molecule has 10 heteroatoms. The van der Waals surface area contributed by atoms with Crippen LogP contribution in [-0.2, 0) is 10.0 Å². The molecule has 9 nitrogen and oxygen atoms in total. The first-order valence-electron chi connectivity index (χ1n) is 5.39. The number of H-pyrrole nitrogens is 1. The van der Waals surface area contributed by atoms with E-state index in [4.69, 9.17) is 5.11 Å². The summed E-state index contributed by atoms with van der Waals surface area (Å²) in [5.41, 5.74) is -0.625. The van der Waals surface area contributed by atoms with E-state index in [1.54, 1.807) is 6.92 Å². The Hall–Kier alpha value is -1.94. The molecule has 4 N–H and O–H groups in total. The molecule has 0 aliphatic rings.